The van der Waals surface area contributed by atoms with Crippen molar-refractivity contribution >= 4 is 59.9 Å². The number of para-hydroxylation sites is 1. The summed E-state index contributed by atoms with van der Waals surface area (Å²) >= 11 is 2.98. The van der Waals surface area contributed by atoms with E-state index in [2.05, 4.69) is 5.32 Å². The monoisotopic (exact) mass is 644 g/mol. The number of carbonyl (C=O) groups is 2. The van der Waals surface area contributed by atoms with E-state index in [0.29, 0.717) is 49.6 Å². The van der Waals surface area contributed by atoms with Crippen LogP contribution in [-0.4, -0.2) is 54.8 Å². The Morgan fingerprint density at radius 2 is 1.64 bits per heavy atom. The minimum atomic E-state index is -3.72. The molecule has 0 unspecified atom stereocenters. The largest absolute Gasteiger partial charge is 0.453 e. The van der Waals surface area contributed by atoms with Crippen molar-refractivity contribution in [1.29, 1.82) is 0 Å². The molecule has 3 aromatic carbocycles. The molecule has 0 atom stereocenters. The van der Waals surface area contributed by atoms with Crippen LogP contribution in [0.2, 0.25) is 0 Å². The zero-order chi connectivity index (χ0) is 30.4. The number of fused-ring (bicyclic) bond motifs is 3. The predicted octanol–water partition coefficient (Wildman–Crippen LogP) is 6.15. The Bertz CT molecular complexity index is 1980. The lowest BCUT2D eigenvalue weighted by Gasteiger charge is -2.28. The molecule has 224 valence electrons. The first-order chi connectivity index (χ1) is 21.3. The number of aromatic nitrogens is 1. The van der Waals surface area contributed by atoms with E-state index in [1.54, 1.807) is 28.4 Å². The molecule has 2 amide bonds. The number of ether oxygens (including phenoxy) is 1. The van der Waals surface area contributed by atoms with Gasteiger partial charge in [0.1, 0.15) is 10.0 Å². The molecule has 4 heterocycles. The van der Waals surface area contributed by atoms with Crippen LogP contribution in [0.4, 0.5) is 9.80 Å². The summed E-state index contributed by atoms with van der Waals surface area (Å²) in [5.74, 6) is -0.355. The summed E-state index contributed by atoms with van der Waals surface area (Å²) in [5, 5.41) is 4.52. The topological polar surface area (TPSA) is 109 Å². The smallest absolute Gasteiger partial charge is 0.409 e. The molecule has 44 heavy (non-hydrogen) atoms. The molecule has 0 aliphatic carbocycles. The number of amides is 2. The quantitative estimate of drug-likeness (QED) is 0.246. The van der Waals surface area contributed by atoms with E-state index >= 15 is 0 Å². The third-order valence-corrected chi connectivity index (χ3v) is 12.1. The van der Waals surface area contributed by atoms with Crippen LogP contribution in [0.25, 0.3) is 20.8 Å². The van der Waals surface area contributed by atoms with E-state index in [4.69, 9.17) is 9.72 Å². The van der Waals surface area contributed by atoms with Crippen LogP contribution >= 0.6 is 22.7 Å². The van der Waals surface area contributed by atoms with Crippen LogP contribution in [0.3, 0.4) is 0 Å². The van der Waals surface area contributed by atoms with Crippen molar-refractivity contribution in [3.05, 3.63) is 99.9 Å². The number of anilines is 1. The van der Waals surface area contributed by atoms with Gasteiger partial charge in [-0.15, -0.1) is 22.7 Å². The molecule has 2 aliphatic rings. The maximum Gasteiger partial charge on any atom is 0.409 e. The fourth-order valence-electron chi connectivity index (χ4n) is 5.76. The summed E-state index contributed by atoms with van der Waals surface area (Å²) in [6.45, 7) is 1.62. The first-order valence-corrected chi connectivity index (χ1v) is 17.2. The van der Waals surface area contributed by atoms with Gasteiger partial charge in [-0.2, -0.15) is 4.31 Å². The van der Waals surface area contributed by atoms with Crippen LogP contribution in [0.15, 0.2) is 77.7 Å². The van der Waals surface area contributed by atoms with E-state index in [1.165, 1.54) is 40.4 Å². The number of benzene rings is 3. The number of rotatable bonds is 5. The number of sulfonamides is 1. The molecule has 0 saturated carbocycles. The molecular weight excluding hydrogens is 617 g/mol. The second-order valence-corrected chi connectivity index (χ2v) is 14.7. The molecular formula is C32H28N4O5S3. The third kappa shape index (κ3) is 5.17. The van der Waals surface area contributed by atoms with Gasteiger partial charge in [-0.3, -0.25) is 4.79 Å². The highest BCUT2D eigenvalue weighted by Crippen LogP contribution is 2.46. The van der Waals surface area contributed by atoms with Gasteiger partial charge in [-0.05, 0) is 65.9 Å². The zero-order valence-electron chi connectivity index (χ0n) is 23.8. The molecule has 9 nitrogen and oxygen atoms in total. The highest BCUT2D eigenvalue weighted by molar-refractivity contribution is 7.89. The summed E-state index contributed by atoms with van der Waals surface area (Å²) in [5.41, 5.74) is 5.33. The molecule has 5 aromatic rings. The lowest BCUT2D eigenvalue weighted by atomic mass is 10.0. The normalized spacial score (nSPS) is 15.1. The maximum absolute atomic E-state index is 13.5. The number of hydrogen-bond acceptors (Lipinski definition) is 8. The SMILES string of the molecule is COC(=O)N1CCc2c(sc(NC(=O)c3ccc(S(=O)(=O)N4CCc5ccccc5C4)cc3)c2-c2nc3ccccc3s2)C1. The number of methoxy groups -OCH3 is 1. The molecule has 7 rings (SSSR count). The first-order valence-electron chi connectivity index (χ1n) is 14.1. The lowest BCUT2D eigenvalue weighted by Crippen LogP contribution is -2.35. The van der Waals surface area contributed by atoms with E-state index < -0.39 is 10.0 Å². The number of thiazole rings is 1. The van der Waals surface area contributed by atoms with E-state index in [0.717, 1.165) is 36.8 Å². The van der Waals surface area contributed by atoms with Crippen molar-refractivity contribution < 1.29 is 22.7 Å². The fourth-order valence-corrected chi connectivity index (χ4v) is 9.55. The molecule has 0 saturated heterocycles. The fraction of sp³-hybridized carbons (Fsp3) is 0.219. The Morgan fingerprint density at radius 3 is 2.41 bits per heavy atom. The second kappa shape index (κ2) is 11.4. The Kier molecular flexibility index (Phi) is 7.45. The number of nitrogens with one attached hydrogen (secondary N) is 1. The zero-order valence-corrected chi connectivity index (χ0v) is 26.2. The summed E-state index contributed by atoms with van der Waals surface area (Å²) in [6.07, 6.45) is 0.880. The minimum Gasteiger partial charge on any atom is -0.453 e. The van der Waals surface area contributed by atoms with Gasteiger partial charge in [-0.1, -0.05) is 36.4 Å². The Morgan fingerprint density at radius 1 is 0.886 bits per heavy atom. The molecule has 0 fully saturated rings. The standard InChI is InChI=1S/C32H28N4O5S3/c1-41-32(38)35-16-15-24-27(19-35)43-31(28(24)30-33-25-8-4-5-9-26(25)42-30)34-29(37)21-10-12-23(13-11-21)44(39,40)36-17-14-20-6-2-3-7-22(20)18-36/h2-13H,14-19H2,1H3,(H,34,37). The number of nitrogens with zero attached hydrogens (tertiary/aromatic N) is 3. The number of hydrogen-bond donors (Lipinski definition) is 1. The van der Waals surface area contributed by atoms with Gasteiger partial charge in [-0.25, -0.2) is 18.2 Å². The summed E-state index contributed by atoms with van der Waals surface area (Å²) < 4.78 is 34.3. The van der Waals surface area contributed by atoms with E-state index in [9.17, 15) is 18.0 Å². The van der Waals surface area contributed by atoms with Crippen molar-refractivity contribution in [3.8, 4) is 10.6 Å². The van der Waals surface area contributed by atoms with Crippen molar-refractivity contribution in [1.82, 2.24) is 14.2 Å². The van der Waals surface area contributed by atoms with Crippen LogP contribution in [-0.2, 0) is 40.7 Å². The van der Waals surface area contributed by atoms with Gasteiger partial charge in [0.2, 0.25) is 10.0 Å². The van der Waals surface area contributed by atoms with Gasteiger partial charge in [0, 0.05) is 35.6 Å². The van der Waals surface area contributed by atoms with Crippen LogP contribution < -0.4 is 5.32 Å². The maximum atomic E-state index is 13.5. The third-order valence-electron chi connectivity index (χ3n) is 8.07. The van der Waals surface area contributed by atoms with Crippen molar-refractivity contribution in [2.24, 2.45) is 0 Å². The number of carbonyl (C=O) groups excluding carboxylic acids is 2. The summed E-state index contributed by atoms with van der Waals surface area (Å²) in [7, 11) is -2.36. The van der Waals surface area contributed by atoms with E-state index in [-0.39, 0.29) is 16.9 Å². The molecule has 1 N–H and O–H groups in total. The average molecular weight is 645 g/mol. The van der Waals surface area contributed by atoms with Gasteiger partial charge < -0.3 is 15.0 Å². The summed E-state index contributed by atoms with van der Waals surface area (Å²) in [4.78, 5) is 33.4. The minimum absolute atomic E-state index is 0.151. The molecule has 2 aromatic heterocycles. The van der Waals surface area contributed by atoms with Gasteiger partial charge in [0.15, 0.2) is 0 Å². The van der Waals surface area contributed by atoms with Crippen LogP contribution in [0.1, 0.15) is 31.9 Å². The van der Waals surface area contributed by atoms with Crippen molar-refractivity contribution in [2.75, 3.05) is 25.5 Å². The first kappa shape index (κ1) is 28.7. The lowest BCUT2D eigenvalue weighted by molar-refractivity contribution is 0.102. The Labute approximate surface area is 262 Å². The highest BCUT2D eigenvalue weighted by Gasteiger charge is 2.31. The van der Waals surface area contributed by atoms with Crippen LogP contribution in [0.5, 0.6) is 0 Å². The molecule has 2 aliphatic heterocycles. The Hall–Kier alpha value is -4.10. The van der Waals surface area contributed by atoms with Gasteiger partial charge in [0.05, 0.1) is 28.8 Å². The molecule has 0 radical (unpaired) electrons. The van der Waals surface area contributed by atoms with Gasteiger partial charge in [0.25, 0.3) is 5.91 Å². The molecule has 0 bridgehead atoms. The average Bonchev–Trinajstić information content (AvgIpc) is 3.64. The van der Waals surface area contributed by atoms with E-state index in [1.807, 2.05) is 48.5 Å². The second-order valence-electron chi connectivity index (χ2n) is 10.7. The predicted molar refractivity (Wildman–Crippen MR) is 172 cm³/mol. The Balaban J connectivity index is 1.16. The van der Waals surface area contributed by atoms with Gasteiger partial charge >= 0.3 is 6.09 Å². The van der Waals surface area contributed by atoms with Crippen molar-refractivity contribution in [3.63, 3.8) is 0 Å². The number of thiophene rings is 1. The summed E-state index contributed by atoms with van der Waals surface area (Å²) in [6, 6.07) is 21.9. The highest BCUT2D eigenvalue weighted by atomic mass is 32.2. The molecule has 12 heteroatoms. The van der Waals surface area contributed by atoms with Crippen molar-refractivity contribution in [2.45, 2.75) is 30.8 Å². The van der Waals surface area contributed by atoms with Crippen LogP contribution in [0, 0.1) is 0 Å². The molecule has 0 spiro atoms.